The van der Waals surface area contributed by atoms with Crippen molar-refractivity contribution < 1.29 is 17.9 Å². The number of likely N-dealkylation sites (tertiary alicyclic amines) is 1. The van der Waals surface area contributed by atoms with Gasteiger partial charge >= 0.3 is 0 Å². The molecule has 2 aliphatic rings. The van der Waals surface area contributed by atoms with Crippen molar-refractivity contribution in [3.8, 4) is 5.75 Å². The lowest BCUT2D eigenvalue weighted by molar-refractivity contribution is -0.131. The van der Waals surface area contributed by atoms with E-state index in [0.29, 0.717) is 37.4 Å². The minimum Gasteiger partial charge on any atom is -0.483 e. The highest BCUT2D eigenvalue weighted by Crippen LogP contribution is 2.39. The van der Waals surface area contributed by atoms with E-state index in [1.165, 1.54) is 4.31 Å². The predicted molar refractivity (Wildman–Crippen MR) is 112 cm³/mol. The summed E-state index contributed by atoms with van der Waals surface area (Å²) in [5.74, 6) is 0.701. The minimum atomic E-state index is -3.77. The molecule has 1 amide bonds. The summed E-state index contributed by atoms with van der Waals surface area (Å²) in [6.45, 7) is 5.30. The molecule has 1 atom stereocenters. The summed E-state index contributed by atoms with van der Waals surface area (Å²) in [5.41, 5.74) is -0.109. The lowest BCUT2D eigenvalue weighted by Crippen LogP contribution is -2.49. The number of carbonyl (C=O) groups excluding carboxylic acids is 1. The number of benzene rings is 1. The maximum Gasteiger partial charge on any atom is 0.247 e. The first-order chi connectivity index (χ1) is 14.3. The number of ether oxygens (including phenoxy) is 1. The third-order valence-electron chi connectivity index (χ3n) is 5.57. The zero-order chi connectivity index (χ0) is 21.4. The number of carbonyl (C=O) groups is 1. The lowest BCUT2D eigenvalue weighted by atomic mass is 10.0. The number of hydrogen-bond acceptors (Lipinski definition) is 5. The molecule has 8 heteroatoms. The Labute approximate surface area is 177 Å². The van der Waals surface area contributed by atoms with Gasteiger partial charge in [-0.1, -0.05) is 32.0 Å². The highest BCUT2D eigenvalue weighted by Gasteiger charge is 2.48. The monoisotopic (exact) mass is 429 g/mol. The topological polar surface area (TPSA) is 79.8 Å². The molecule has 0 N–H and O–H groups in total. The van der Waals surface area contributed by atoms with E-state index in [1.54, 1.807) is 41.4 Å². The lowest BCUT2D eigenvalue weighted by Gasteiger charge is -2.32. The molecule has 0 bridgehead atoms. The van der Waals surface area contributed by atoms with Crippen molar-refractivity contribution in [3.63, 3.8) is 0 Å². The van der Waals surface area contributed by atoms with E-state index in [2.05, 4.69) is 4.98 Å². The van der Waals surface area contributed by atoms with Crippen molar-refractivity contribution in [2.45, 2.75) is 43.7 Å². The van der Waals surface area contributed by atoms with Crippen LogP contribution in [0.2, 0.25) is 0 Å². The van der Waals surface area contributed by atoms with E-state index in [4.69, 9.17) is 4.74 Å². The van der Waals surface area contributed by atoms with Crippen LogP contribution in [0.4, 0.5) is 0 Å². The van der Waals surface area contributed by atoms with E-state index in [9.17, 15) is 13.2 Å². The highest BCUT2D eigenvalue weighted by atomic mass is 32.2. The Hall–Kier alpha value is -2.45. The highest BCUT2D eigenvalue weighted by molar-refractivity contribution is 7.89. The van der Waals surface area contributed by atoms with Crippen LogP contribution < -0.4 is 4.74 Å². The quantitative estimate of drug-likeness (QED) is 0.747. The number of rotatable bonds is 4. The van der Waals surface area contributed by atoms with Crippen LogP contribution in [0.5, 0.6) is 5.75 Å². The van der Waals surface area contributed by atoms with Crippen LogP contribution in [-0.4, -0.2) is 53.7 Å². The van der Waals surface area contributed by atoms with Crippen molar-refractivity contribution in [3.05, 3.63) is 54.4 Å². The van der Waals surface area contributed by atoms with E-state index in [0.717, 1.165) is 0 Å². The fraction of sp³-hybridized carbons (Fsp3) is 0.455. The second-order valence-corrected chi connectivity index (χ2v) is 10.4. The van der Waals surface area contributed by atoms with Gasteiger partial charge in [0, 0.05) is 25.6 Å². The molecule has 1 saturated heterocycles. The summed E-state index contributed by atoms with van der Waals surface area (Å²) >= 11 is 0. The van der Waals surface area contributed by atoms with E-state index in [1.807, 2.05) is 26.0 Å². The molecule has 160 valence electrons. The average molecular weight is 430 g/mol. The molecule has 0 saturated carbocycles. The smallest absolute Gasteiger partial charge is 0.247 e. The number of sulfonamides is 1. The zero-order valence-electron chi connectivity index (χ0n) is 17.3. The SMILES string of the molecule is CC(C)CC(=O)N1CC[C@]2(C1)CN(Cc1ccccn1)S(=O)(=O)c1ccccc1O2. The van der Waals surface area contributed by atoms with Crippen LogP contribution in [0, 0.1) is 5.92 Å². The largest absolute Gasteiger partial charge is 0.483 e. The molecule has 2 aliphatic heterocycles. The van der Waals surface area contributed by atoms with Gasteiger partial charge in [0.25, 0.3) is 0 Å². The fourth-order valence-corrected chi connectivity index (χ4v) is 5.72. The number of para-hydroxylation sites is 1. The van der Waals surface area contributed by atoms with Crippen LogP contribution in [-0.2, 0) is 21.4 Å². The van der Waals surface area contributed by atoms with Gasteiger partial charge in [-0.05, 0) is 30.2 Å². The summed E-state index contributed by atoms with van der Waals surface area (Å²) in [6.07, 6.45) is 2.71. The van der Waals surface area contributed by atoms with Crippen LogP contribution in [0.15, 0.2) is 53.6 Å². The molecule has 30 heavy (non-hydrogen) atoms. The van der Waals surface area contributed by atoms with Crippen LogP contribution >= 0.6 is 0 Å². The van der Waals surface area contributed by atoms with E-state index < -0.39 is 15.6 Å². The maximum atomic E-state index is 13.5. The summed E-state index contributed by atoms with van der Waals surface area (Å²) in [7, 11) is -3.77. The Morgan fingerprint density at radius 3 is 2.67 bits per heavy atom. The summed E-state index contributed by atoms with van der Waals surface area (Å²) < 4.78 is 34.7. The summed E-state index contributed by atoms with van der Waals surface area (Å²) in [4.78, 5) is 18.9. The van der Waals surface area contributed by atoms with E-state index in [-0.39, 0.29) is 29.8 Å². The third kappa shape index (κ3) is 4.06. The number of amides is 1. The number of nitrogens with zero attached hydrogens (tertiary/aromatic N) is 3. The van der Waals surface area contributed by atoms with Crippen LogP contribution in [0.3, 0.4) is 0 Å². The second-order valence-electron chi connectivity index (χ2n) is 8.49. The van der Waals surface area contributed by atoms with Crippen molar-refractivity contribution in [1.29, 1.82) is 0 Å². The average Bonchev–Trinajstić information content (AvgIpc) is 3.08. The zero-order valence-corrected chi connectivity index (χ0v) is 18.1. The van der Waals surface area contributed by atoms with E-state index >= 15 is 0 Å². The molecule has 0 radical (unpaired) electrons. The molecule has 7 nitrogen and oxygen atoms in total. The summed E-state index contributed by atoms with van der Waals surface area (Å²) in [5, 5.41) is 0. The second kappa shape index (κ2) is 8.00. The Balaban J connectivity index is 1.69. The van der Waals surface area contributed by atoms with Gasteiger partial charge in [-0.25, -0.2) is 8.42 Å². The Morgan fingerprint density at radius 1 is 1.17 bits per heavy atom. The van der Waals surface area contributed by atoms with Crippen molar-refractivity contribution >= 4 is 15.9 Å². The van der Waals surface area contributed by atoms with Crippen molar-refractivity contribution in [2.75, 3.05) is 19.6 Å². The van der Waals surface area contributed by atoms with Crippen molar-refractivity contribution in [1.82, 2.24) is 14.2 Å². The first-order valence-electron chi connectivity index (χ1n) is 10.2. The molecular formula is C22H27N3O4S. The number of aromatic nitrogens is 1. The maximum absolute atomic E-state index is 13.5. The Bertz CT molecular complexity index is 1030. The van der Waals surface area contributed by atoms with Crippen molar-refractivity contribution in [2.24, 2.45) is 5.92 Å². The molecule has 1 aromatic carbocycles. The molecular weight excluding hydrogens is 402 g/mol. The standard InChI is InChI=1S/C22H27N3O4S/c1-17(2)13-21(26)24-12-10-22(15-24)16-25(14-18-7-5-6-11-23-18)30(27,28)20-9-4-3-8-19(20)29-22/h3-9,11,17H,10,12-16H2,1-2H3/t22-/m0/s1. The molecule has 2 aromatic rings. The van der Waals surface area contributed by atoms with Gasteiger partial charge in [0.2, 0.25) is 15.9 Å². The van der Waals surface area contributed by atoms with Gasteiger partial charge in [0.1, 0.15) is 16.2 Å². The van der Waals surface area contributed by atoms with Crippen LogP contribution in [0.25, 0.3) is 0 Å². The number of fused-ring (bicyclic) bond motifs is 1. The normalized spacial score (nSPS) is 23.2. The third-order valence-corrected chi connectivity index (χ3v) is 7.41. The molecule has 1 aromatic heterocycles. The first kappa shape index (κ1) is 20.8. The Kier molecular flexibility index (Phi) is 5.55. The van der Waals surface area contributed by atoms with Crippen LogP contribution in [0.1, 0.15) is 32.4 Å². The van der Waals surface area contributed by atoms with Gasteiger partial charge in [-0.15, -0.1) is 0 Å². The van der Waals surface area contributed by atoms with Gasteiger partial charge in [-0.2, -0.15) is 4.31 Å². The first-order valence-corrected chi connectivity index (χ1v) is 11.7. The fourth-order valence-electron chi connectivity index (χ4n) is 4.12. The van der Waals surface area contributed by atoms with Gasteiger partial charge < -0.3 is 9.64 Å². The molecule has 1 spiro atoms. The number of pyridine rings is 1. The van der Waals surface area contributed by atoms with Gasteiger partial charge in [-0.3, -0.25) is 9.78 Å². The molecule has 0 unspecified atom stereocenters. The molecule has 1 fully saturated rings. The van der Waals surface area contributed by atoms with Gasteiger partial charge in [0.05, 0.1) is 25.3 Å². The predicted octanol–water partition coefficient (Wildman–Crippen LogP) is 2.68. The summed E-state index contributed by atoms with van der Waals surface area (Å²) in [6, 6.07) is 12.2. The molecule has 3 heterocycles. The van der Waals surface area contributed by atoms with Gasteiger partial charge in [0.15, 0.2) is 0 Å². The molecule has 0 aliphatic carbocycles. The Morgan fingerprint density at radius 2 is 1.93 bits per heavy atom. The number of hydrogen-bond donors (Lipinski definition) is 0. The minimum absolute atomic E-state index is 0.0853. The molecule has 4 rings (SSSR count).